The van der Waals surface area contributed by atoms with Crippen molar-refractivity contribution in [2.24, 2.45) is 0 Å². The molecule has 1 saturated heterocycles. The Morgan fingerprint density at radius 1 is 1.39 bits per heavy atom. The molecule has 6 nitrogen and oxygen atoms in total. The minimum atomic E-state index is -0.0258. The standard InChI is InChI=1S/C17H34N4O2/c1-13(21-8-9-23-12-14(21)2)11-18-17(22)19-15-6-5-7-16(10-15)20(3)4/h13-16H,5-12H2,1-4H3,(H2,18,19,22). The molecule has 0 aromatic carbocycles. The van der Waals surface area contributed by atoms with Gasteiger partial charge >= 0.3 is 6.03 Å². The summed E-state index contributed by atoms with van der Waals surface area (Å²) in [5.41, 5.74) is 0. The van der Waals surface area contributed by atoms with Crippen molar-refractivity contribution in [3.05, 3.63) is 0 Å². The smallest absolute Gasteiger partial charge is 0.315 e. The van der Waals surface area contributed by atoms with E-state index in [1.54, 1.807) is 0 Å². The lowest BCUT2D eigenvalue weighted by atomic mass is 9.90. The van der Waals surface area contributed by atoms with Crippen molar-refractivity contribution < 1.29 is 9.53 Å². The van der Waals surface area contributed by atoms with Gasteiger partial charge in [0.2, 0.25) is 0 Å². The SMILES string of the molecule is CC(CNC(=O)NC1CCCC(N(C)C)C1)N1CCOCC1C. The fraction of sp³-hybridized carbons (Fsp3) is 0.941. The van der Waals surface area contributed by atoms with Crippen LogP contribution in [0.5, 0.6) is 0 Å². The summed E-state index contributed by atoms with van der Waals surface area (Å²) in [6.45, 7) is 7.54. The zero-order valence-electron chi connectivity index (χ0n) is 15.2. The Morgan fingerprint density at radius 2 is 2.17 bits per heavy atom. The zero-order chi connectivity index (χ0) is 16.8. The van der Waals surface area contributed by atoms with Crippen LogP contribution in [-0.2, 0) is 4.74 Å². The first kappa shape index (κ1) is 18.5. The van der Waals surface area contributed by atoms with Gasteiger partial charge in [-0.2, -0.15) is 0 Å². The Hall–Kier alpha value is -0.850. The van der Waals surface area contributed by atoms with Gasteiger partial charge in [0.1, 0.15) is 0 Å². The third-order valence-corrected chi connectivity index (χ3v) is 5.26. The first-order valence-electron chi connectivity index (χ1n) is 9.01. The number of carbonyl (C=O) groups is 1. The van der Waals surface area contributed by atoms with E-state index in [2.05, 4.69) is 48.4 Å². The Balaban J connectivity index is 1.70. The first-order chi connectivity index (χ1) is 11.0. The summed E-state index contributed by atoms with van der Waals surface area (Å²) in [6.07, 6.45) is 4.57. The van der Waals surface area contributed by atoms with E-state index in [4.69, 9.17) is 4.74 Å². The lowest BCUT2D eigenvalue weighted by Gasteiger charge is -2.38. The second kappa shape index (κ2) is 8.85. The van der Waals surface area contributed by atoms with Crippen molar-refractivity contribution >= 4 is 6.03 Å². The Kier molecular flexibility index (Phi) is 7.11. The van der Waals surface area contributed by atoms with Crippen molar-refractivity contribution in [2.45, 2.75) is 63.7 Å². The molecule has 0 aromatic heterocycles. The molecular weight excluding hydrogens is 292 g/mol. The molecule has 134 valence electrons. The topological polar surface area (TPSA) is 56.8 Å². The molecule has 6 heteroatoms. The van der Waals surface area contributed by atoms with Crippen molar-refractivity contribution in [3.63, 3.8) is 0 Å². The van der Waals surface area contributed by atoms with Crippen LogP contribution in [0.2, 0.25) is 0 Å². The Bertz CT molecular complexity index is 378. The summed E-state index contributed by atoms with van der Waals surface area (Å²) in [6, 6.07) is 1.61. The molecule has 1 heterocycles. The third-order valence-electron chi connectivity index (χ3n) is 5.26. The molecule has 2 aliphatic rings. The number of carbonyl (C=O) groups excluding carboxylic acids is 1. The number of ether oxygens (including phenoxy) is 1. The molecule has 1 aliphatic carbocycles. The minimum absolute atomic E-state index is 0.0258. The van der Waals surface area contributed by atoms with E-state index >= 15 is 0 Å². The number of hydrogen-bond acceptors (Lipinski definition) is 4. The Morgan fingerprint density at radius 3 is 2.87 bits per heavy atom. The predicted molar refractivity (Wildman–Crippen MR) is 92.7 cm³/mol. The molecule has 0 bridgehead atoms. The number of nitrogens with one attached hydrogen (secondary N) is 2. The van der Waals surface area contributed by atoms with E-state index in [0.29, 0.717) is 30.7 Å². The minimum Gasteiger partial charge on any atom is -0.379 e. The quantitative estimate of drug-likeness (QED) is 0.799. The fourth-order valence-electron chi connectivity index (χ4n) is 3.75. The molecule has 2 fully saturated rings. The number of urea groups is 1. The van der Waals surface area contributed by atoms with Gasteiger partial charge in [-0.25, -0.2) is 4.79 Å². The van der Waals surface area contributed by atoms with Crippen molar-refractivity contribution in [1.82, 2.24) is 20.4 Å². The van der Waals surface area contributed by atoms with Gasteiger partial charge in [-0.1, -0.05) is 0 Å². The number of rotatable bonds is 5. The highest BCUT2D eigenvalue weighted by Gasteiger charge is 2.26. The maximum Gasteiger partial charge on any atom is 0.315 e. The summed E-state index contributed by atoms with van der Waals surface area (Å²) in [5.74, 6) is 0. The van der Waals surface area contributed by atoms with Crippen LogP contribution >= 0.6 is 0 Å². The normalized spacial score (nSPS) is 30.9. The number of hydrogen-bond donors (Lipinski definition) is 2. The van der Waals surface area contributed by atoms with Gasteiger partial charge in [0.25, 0.3) is 0 Å². The van der Waals surface area contributed by atoms with Gasteiger partial charge in [0, 0.05) is 37.3 Å². The molecule has 2 amide bonds. The van der Waals surface area contributed by atoms with E-state index in [9.17, 15) is 4.79 Å². The van der Waals surface area contributed by atoms with Crippen molar-refractivity contribution in [3.8, 4) is 0 Å². The van der Waals surface area contributed by atoms with Crippen LogP contribution in [0.15, 0.2) is 0 Å². The maximum absolute atomic E-state index is 12.2. The average Bonchev–Trinajstić information content (AvgIpc) is 2.53. The third kappa shape index (κ3) is 5.62. The first-order valence-corrected chi connectivity index (χ1v) is 9.01. The molecule has 0 aromatic rings. The molecule has 0 radical (unpaired) electrons. The zero-order valence-corrected chi connectivity index (χ0v) is 15.2. The van der Waals surface area contributed by atoms with E-state index in [0.717, 1.165) is 32.6 Å². The fourth-order valence-corrected chi connectivity index (χ4v) is 3.75. The largest absolute Gasteiger partial charge is 0.379 e. The van der Waals surface area contributed by atoms with E-state index < -0.39 is 0 Å². The summed E-state index contributed by atoms with van der Waals surface area (Å²) >= 11 is 0. The molecule has 1 saturated carbocycles. The second-order valence-corrected chi connectivity index (χ2v) is 7.35. The number of amides is 2. The van der Waals surface area contributed by atoms with Crippen LogP contribution in [0.1, 0.15) is 39.5 Å². The summed E-state index contributed by atoms with van der Waals surface area (Å²) < 4.78 is 5.47. The van der Waals surface area contributed by atoms with Gasteiger partial charge in [-0.3, -0.25) is 4.90 Å². The Labute approximate surface area is 140 Å². The van der Waals surface area contributed by atoms with Crippen LogP contribution < -0.4 is 10.6 Å². The van der Waals surface area contributed by atoms with Gasteiger partial charge in [-0.05, 0) is 53.6 Å². The number of nitrogens with zero attached hydrogens (tertiary/aromatic N) is 2. The maximum atomic E-state index is 12.2. The summed E-state index contributed by atoms with van der Waals surface area (Å²) in [4.78, 5) is 16.9. The molecule has 4 atom stereocenters. The van der Waals surface area contributed by atoms with Gasteiger partial charge in [0.05, 0.1) is 13.2 Å². The highest BCUT2D eigenvalue weighted by atomic mass is 16.5. The summed E-state index contributed by atoms with van der Waals surface area (Å²) in [5, 5.41) is 6.20. The monoisotopic (exact) mass is 326 g/mol. The molecule has 4 unspecified atom stereocenters. The van der Waals surface area contributed by atoms with Gasteiger partial charge in [-0.15, -0.1) is 0 Å². The van der Waals surface area contributed by atoms with E-state index in [-0.39, 0.29) is 6.03 Å². The van der Waals surface area contributed by atoms with Gasteiger partial charge < -0.3 is 20.3 Å². The van der Waals surface area contributed by atoms with Crippen LogP contribution in [0, 0.1) is 0 Å². The van der Waals surface area contributed by atoms with Crippen molar-refractivity contribution in [2.75, 3.05) is 40.4 Å². The van der Waals surface area contributed by atoms with E-state index in [1.807, 2.05) is 0 Å². The predicted octanol–water partition coefficient (Wildman–Crippen LogP) is 1.27. The molecule has 0 spiro atoms. The second-order valence-electron chi connectivity index (χ2n) is 7.35. The van der Waals surface area contributed by atoms with Crippen LogP contribution in [0.4, 0.5) is 4.79 Å². The van der Waals surface area contributed by atoms with Crippen LogP contribution in [0.3, 0.4) is 0 Å². The lowest BCUT2D eigenvalue weighted by Crippen LogP contribution is -2.54. The van der Waals surface area contributed by atoms with Crippen molar-refractivity contribution in [1.29, 1.82) is 0 Å². The molecule has 1 aliphatic heterocycles. The molecule has 23 heavy (non-hydrogen) atoms. The average molecular weight is 326 g/mol. The highest BCUT2D eigenvalue weighted by Crippen LogP contribution is 2.21. The molecule has 2 N–H and O–H groups in total. The number of morpholine rings is 1. The summed E-state index contributed by atoms with van der Waals surface area (Å²) in [7, 11) is 4.25. The van der Waals surface area contributed by atoms with Crippen LogP contribution in [0.25, 0.3) is 0 Å². The lowest BCUT2D eigenvalue weighted by molar-refractivity contribution is -0.0176. The van der Waals surface area contributed by atoms with Crippen LogP contribution in [-0.4, -0.2) is 80.4 Å². The molecular formula is C17H34N4O2. The highest BCUT2D eigenvalue weighted by molar-refractivity contribution is 5.74. The molecule has 2 rings (SSSR count). The van der Waals surface area contributed by atoms with E-state index in [1.165, 1.54) is 12.8 Å². The van der Waals surface area contributed by atoms with Gasteiger partial charge in [0.15, 0.2) is 0 Å².